The summed E-state index contributed by atoms with van der Waals surface area (Å²) in [6.45, 7) is 9.98. The standard InChI is InChI=1S/C21H34N4O2S/c1-3-24-11-13-25(14-12-24)19(18-10-7-15-28-18)16(2)22-20(26)21(27)23-17-8-5-4-6-9-17/h7,10,15-17,19H,3-6,8-9,11-14H2,1-2H3,(H,22,26)(H,23,27)/p+2/t16-,19+/m0/s1. The lowest BCUT2D eigenvalue weighted by molar-refractivity contribution is -1.03. The van der Waals surface area contributed by atoms with Crippen molar-refractivity contribution in [3.05, 3.63) is 22.4 Å². The summed E-state index contributed by atoms with van der Waals surface area (Å²) in [7, 11) is 0. The van der Waals surface area contributed by atoms with Gasteiger partial charge in [-0.3, -0.25) is 9.59 Å². The monoisotopic (exact) mass is 408 g/mol. The van der Waals surface area contributed by atoms with Crippen LogP contribution in [0.5, 0.6) is 0 Å². The molecule has 2 heterocycles. The third-order valence-corrected chi connectivity index (χ3v) is 7.35. The summed E-state index contributed by atoms with van der Waals surface area (Å²) in [4.78, 5) is 29.4. The number of piperazine rings is 1. The van der Waals surface area contributed by atoms with Crippen LogP contribution in [0.15, 0.2) is 17.5 Å². The van der Waals surface area contributed by atoms with Crippen LogP contribution < -0.4 is 20.4 Å². The number of quaternary nitrogens is 2. The Bertz CT molecular complexity index is 622. The van der Waals surface area contributed by atoms with Gasteiger partial charge in [0.05, 0.1) is 17.5 Å². The Labute approximate surface area is 172 Å². The largest absolute Gasteiger partial charge is 0.345 e. The fourth-order valence-electron chi connectivity index (χ4n) is 4.71. The van der Waals surface area contributed by atoms with E-state index in [2.05, 4.69) is 35.1 Å². The molecule has 0 unspecified atom stereocenters. The molecule has 156 valence electrons. The number of amides is 2. The number of hydrogen-bond donors (Lipinski definition) is 4. The molecule has 0 spiro atoms. The zero-order chi connectivity index (χ0) is 19.9. The SMILES string of the molecule is CC[NH+]1CC[NH+]([C@@H](c2cccs2)[C@H](C)NC(=O)C(=O)NC2CCCCC2)CC1. The van der Waals surface area contributed by atoms with E-state index in [0.29, 0.717) is 0 Å². The van der Waals surface area contributed by atoms with E-state index < -0.39 is 11.8 Å². The minimum absolute atomic E-state index is 0.0820. The third kappa shape index (κ3) is 5.55. The molecule has 28 heavy (non-hydrogen) atoms. The molecule has 4 N–H and O–H groups in total. The van der Waals surface area contributed by atoms with Crippen molar-refractivity contribution >= 4 is 23.2 Å². The van der Waals surface area contributed by atoms with Gasteiger partial charge in [0.15, 0.2) is 0 Å². The average molecular weight is 409 g/mol. The minimum Gasteiger partial charge on any atom is -0.345 e. The Morgan fingerprint density at radius 2 is 1.86 bits per heavy atom. The normalized spacial score (nSPS) is 25.6. The fourth-order valence-corrected chi connectivity index (χ4v) is 5.70. The second-order valence-electron chi connectivity index (χ2n) is 8.33. The molecule has 2 aliphatic rings. The van der Waals surface area contributed by atoms with Crippen molar-refractivity contribution in [2.75, 3.05) is 32.7 Å². The number of hydrogen-bond acceptors (Lipinski definition) is 3. The van der Waals surface area contributed by atoms with Gasteiger partial charge in [0.25, 0.3) is 0 Å². The summed E-state index contributed by atoms with van der Waals surface area (Å²) in [6.07, 6.45) is 5.48. The van der Waals surface area contributed by atoms with Crippen LogP contribution in [0.25, 0.3) is 0 Å². The highest BCUT2D eigenvalue weighted by molar-refractivity contribution is 7.10. The molecule has 1 saturated heterocycles. The van der Waals surface area contributed by atoms with E-state index >= 15 is 0 Å². The molecule has 0 aromatic carbocycles. The molecular formula is C21H36N4O2S+2. The Balaban J connectivity index is 1.60. The fraction of sp³-hybridized carbons (Fsp3) is 0.714. The van der Waals surface area contributed by atoms with E-state index in [-0.39, 0.29) is 18.1 Å². The zero-order valence-corrected chi connectivity index (χ0v) is 18.1. The average Bonchev–Trinajstić information content (AvgIpc) is 3.23. The number of nitrogens with one attached hydrogen (secondary N) is 4. The van der Waals surface area contributed by atoms with Crippen LogP contribution in [-0.4, -0.2) is 56.6 Å². The Morgan fingerprint density at radius 3 is 2.46 bits per heavy atom. The Morgan fingerprint density at radius 1 is 1.14 bits per heavy atom. The topological polar surface area (TPSA) is 67.1 Å². The molecule has 1 saturated carbocycles. The molecule has 0 bridgehead atoms. The van der Waals surface area contributed by atoms with Crippen LogP contribution in [0.1, 0.15) is 56.9 Å². The van der Waals surface area contributed by atoms with Gasteiger partial charge in [0.1, 0.15) is 32.2 Å². The Hall–Kier alpha value is -1.44. The van der Waals surface area contributed by atoms with E-state index in [1.165, 1.54) is 22.7 Å². The molecule has 2 fully saturated rings. The molecule has 2 atom stereocenters. The van der Waals surface area contributed by atoms with E-state index in [1.807, 2.05) is 6.92 Å². The molecule has 6 nitrogen and oxygen atoms in total. The molecule has 1 aromatic heterocycles. The van der Waals surface area contributed by atoms with E-state index in [0.717, 1.165) is 51.9 Å². The van der Waals surface area contributed by atoms with Crippen molar-refractivity contribution in [3.8, 4) is 0 Å². The highest BCUT2D eigenvalue weighted by Gasteiger charge is 2.36. The second kappa shape index (κ2) is 10.4. The zero-order valence-electron chi connectivity index (χ0n) is 17.3. The Kier molecular flexibility index (Phi) is 7.88. The summed E-state index contributed by atoms with van der Waals surface area (Å²) in [5.74, 6) is -0.962. The molecule has 2 amide bonds. The van der Waals surface area contributed by atoms with Crippen molar-refractivity contribution in [2.24, 2.45) is 0 Å². The van der Waals surface area contributed by atoms with Gasteiger partial charge in [0, 0.05) is 6.04 Å². The first-order valence-corrected chi connectivity index (χ1v) is 11.8. The van der Waals surface area contributed by atoms with Crippen molar-refractivity contribution in [2.45, 2.75) is 64.1 Å². The van der Waals surface area contributed by atoms with Gasteiger partial charge in [-0.25, -0.2) is 0 Å². The molecule has 1 aliphatic carbocycles. The number of rotatable bonds is 6. The van der Waals surface area contributed by atoms with Gasteiger partial charge in [0.2, 0.25) is 0 Å². The second-order valence-corrected chi connectivity index (χ2v) is 9.30. The van der Waals surface area contributed by atoms with Gasteiger partial charge in [-0.05, 0) is 38.1 Å². The van der Waals surface area contributed by atoms with Crippen LogP contribution in [0.2, 0.25) is 0 Å². The lowest BCUT2D eigenvalue weighted by Crippen LogP contribution is -3.28. The van der Waals surface area contributed by atoms with Crippen LogP contribution in [0.3, 0.4) is 0 Å². The summed E-state index contributed by atoms with van der Waals surface area (Å²) in [5, 5.41) is 8.04. The highest BCUT2D eigenvalue weighted by atomic mass is 32.1. The van der Waals surface area contributed by atoms with Crippen LogP contribution in [-0.2, 0) is 9.59 Å². The maximum absolute atomic E-state index is 12.5. The van der Waals surface area contributed by atoms with Crippen LogP contribution >= 0.6 is 11.3 Å². The lowest BCUT2D eigenvalue weighted by atomic mass is 9.95. The minimum atomic E-state index is -0.489. The predicted octanol–water partition coefficient (Wildman–Crippen LogP) is -0.454. The first kappa shape index (κ1) is 21.3. The van der Waals surface area contributed by atoms with E-state index in [9.17, 15) is 9.59 Å². The maximum Gasteiger partial charge on any atom is 0.309 e. The van der Waals surface area contributed by atoms with E-state index in [4.69, 9.17) is 0 Å². The quantitative estimate of drug-likeness (QED) is 0.482. The van der Waals surface area contributed by atoms with Crippen molar-refractivity contribution in [1.29, 1.82) is 0 Å². The summed E-state index contributed by atoms with van der Waals surface area (Å²) < 4.78 is 0. The maximum atomic E-state index is 12.5. The van der Waals surface area contributed by atoms with Crippen LogP contribution in [0, 0.1) is 0 Å². The number of carbonyl (C=O) groups is 2. The first-order valence-electron chi connectivity index (χ1n) is 10.9. The predicted molar refractivity (Wildman–Crippen MR) is 112 cm³/mol. The van der Waals surface area contributed by atoms with Crippen molar-refractivity contribution in [1.82, 2.24) is 10.6 Å². The summed E-state index contributed by atoms with van der Waals surface area (Å²) >= 11 is 1.74. The van der Waals surface area contributed by atoms with Crippen LogP contribution in [0.4, 0.5) is 0 Å². The highest BCUT2D eigenvalue weighted by Crippen LogP contribution is 2.20. The first-order chi connectivity index (χ1) is 13.6. The van der Waals surface area contributed by atoms with Crippen molar-refractivity contribution < 1.29 is 19.4 Å². The smallest absolute Gasteiger partial charge is 0.309 e. The van der Waals surface area contributed by atoms with E-state index in [1.54, 1.807) is 16.2 Å². The number of likely N-dealkylation sites (N-methyl/N-ethyl adjacent to an activating group) is 1. The summed E-state index contributed by atoms with van der Waals surface area (Å²) in [5.41, 5.74) is 0. The molecule has 1 aliphatic heterocycles. The summed E-state index contributed by atoms with van der Waals surface area (Å²) in [6, 6.07) is 4.51. The molecule has 7 heteroatoms. The molecule has 1 aromatic rings. The van der Waals surface area contributed by atoms with Gasteiger partial charge in [-0.1, -0.05) is 25.3 Å². The number of thiophene rings is 1. The molecule has 3 rings (SSSR count). The molecular weight excluding hydrogens is 372 g/mol. The van der Waals surface area contributed by atoms with Crippen molar-refractivity contribution in [3.63, 3.8) is 0 Å². The van der Waals surface area contributed by atoms with Gasteiger partial charge in [-0.2, -0.15) is 0 Å². The van der Waals surface area contributed by atoms with Gasteiger partial charge in [-0.15, -0.1) is 11.3 Å². The lowest BCUT2D eigenvalue weighted by Gasteiger charge is -2.36. The number of carbonyl (C=O) groups excluding carboxylic acids is 2. The molecule has 0 radical (unpaired) electrons. The van der Waals surface area contributed by atoms with Gasteiger partial charge >= 0.3 is 11.8 Å². The van der Waals surface area contributed by atoms with Gasteiger partial charge < -0.3 is 20.4 Å². The third-order valence-electron chi connectivity index (χ3n) is 6.39.